The van der Waals surface area contributed by atoms with Crippen LogP contribution in [0.1, 0.15) is 19.8 Å². The lowest BCUT2D eigenvalue weighted by Crippen LogP contribution is -2.27. The van der Waals surface area contributed by atoms with Crippen LogP contribution in [0.4, 0.5) is 0 Å². The molecule has 2 nitrogen and oxygen atoms in total. The second kappa shape index (κ2) is 2.38. The van der Waals surface area contributed by atoms with Gasteiger partial charge in [0.1, 0.15) is 0 Å². The first kappa shape index (κ1) is 6.59. The van der Waals surface area contributed by atoms with Crippen LogP contribution in [-0.4, -0.2) is 24.4 Å². The van der Waals surface area contributed by atoms with E-state index < -0.39 is 0 Å². The highest BCUT2D eigenvalue weighted by atomic mass is 16.2. The number of carbonyl (C=O) groups is 1. The topological polar surface area (TPSA) is 20.3 Å². The summed E-state index contributed by atoms with van der Waals surface area (Å²) < 4.78 is 0. The van der Waals surface area contributed by atoms with E-state index in [0.29, 0.717) is 11.8 Å². The van der Waals surface area contributed by atoms with Crippen molar-refractivity contribution in [3.63, 3.8) is 0 Å². The third-order valence-electron chi connectivity index (χ3n) is 1.78. The van der Waals surface area contributed by atoms with E-state index in [4.69, 9.17) is 0 Å². The molecule has 1 saturated carbocycles. The summed E-state index contributed by atoms with van der Waals surface area (Å²) in [6, 6.07) is 0. The Morgan fingerprint density at radius 2 is 2.22 bits per heavy atom. The Morgan fingerprint density at radius 3 is 2.56 bits per heavy atom. The van der Waals surface area contributed by atoms with E-state index in [-0.39, 0.29) is 0 Å². The molecule has 0 aromatic heterocycles. The van der Waals surface area contributed by atoms with Gasteiger partial charge in [-0.3, -0.25) is 4.79 Å². The Balaban J connectivity index is 2.31. The minimum absolute atomic E-state index is 0.331. The van der Waals surface area contributed by atoms with Gasteiger partial charge in [0.2, 0.25) is 5.91 Å². The molecule has 1 aliphatic carbocycles. The molecule has 0 aliphatic heterocycles. The Hall–Kier alpha value is -0.530. The molecule has 1 amide bonds. The highest BCUT2D eigenvalue weighted by Gasteiger charge is 2.31. The average molecular weight is 127 g/mol. The standard InChI is InChI=1S/C7H13NO/c1-3-8(2)7(9)6-4-5-6/h6H,3-5H2,1-2H3. The normalized spacial score (nSPS) is 17.6. The van der Waals surface area contributed by atoms with Crippen molar-refractivity contribution in [2.24, 2.45) is 5.92 Å². The second-order valence-electron chi connectivity index (χ2n) is 2.63. The monoisotopic (exact) mass is 127 g/mol. The second-order valence-corrected chi connectivity index (χ2v) is 2.63. The minimum Gasteiger partial charge on any atom is -0.346 e. The summed E-state index contributed by atoms with van der Waals surface area (Å²) in [7, 11) is 1.86. The van der Waals surface area contributed by atoms with Crippen LogP contribution in [0.25, 0.3) is 0 Å². The van der Waals surface area contributed by atoms with E-state index in [0.717, 1.165) is 19.4 Å². The number of rotatable bonds is 2. The van der Waals surface area contributed by atoms with Crippen molar-refractivity contribution < 1.29 is 4.79 Å². The smallest absolute Gasteiger partial charge is 0.225 e. The summed E-state index contributed by atoms with van der Waals surface area (Å²) in [5.41, 5.74) is 0. The van der Waals surface area contributed by atoms with Crippen molar-refractivity contribution in [3.8, 4) is 0 Å². The van der Waals surface area contributed by atoms with Crippen LogP contribution in [0.15, 0.2) is 0 Å². The van der Waals surface area contributed by atoms with Crippen LogP contribution >= 0.6 is 0 Å². The van der Waals surface area contributed by atoms with Crippen molar-refractivity contribution in [1.82, 2.24) is 4.90 Å². The highest BCUT2D eigenvalue weighted by molar-refractivity contribution is 5.80. The van der Waals surface area contributed by atoms with Gasteiger partial charge in [-0.1, -0.05) is 0 Å². The fourth-order valence-electron chi connectivity index (χ4n) is 0.798. The molecule has 1 aliphatic rings. The van der Waals surface area contributed by atoms with Crippen molar-refractivity contribution >= 4 is 5.91 Å². The van der Waals surface area contributed by atoms with Crippen molar-refractivity contribution in [2.45, 2.75) is 19.8 Å². The number of amides is 1. The summed E-state index contributed by atoms with van der Waals surface area (Å²) in [5, 5.41) is 0. The van der Waals surface area contributed by atoms with Crippen molar-refractivity contribution in [1.29, 1.82) is 0 Å². The zero-order valence-corrected chi connectivity index (χ0v) is 6.05. The minimum atomic E-state index is 0.331. The predicted octanol–water partition coefficient (Wildman–Crippen LogP) is 0.875. The average Bonchev–Trinajstić information content (AvgIpc) is 2.66. The molecule has 0 bridgehead atoms. The molecular formula is C7H13NO. The first-order valence-corrected chi connectivity index (χ1v) is 3.50. The fraction of sp³-hybridized carbons (Fsp3) is 0.857. The van der Waals surface area contributed by atoms with Gasteiger partial charge in [0, 0.05) is 19.5 Å². The third kappa shape index (κ3) is 1.44. The molecule has 0 N–H and O–H groups in total. The summed E-state index contributed by atoms with van der Waals surface area (Å²) >= 11 is 0. The van der Waals surface area contributed by atoms with Crippen molar-refractivity contribution in [3.05, 3.63) is 0 Å². The van der Waals surface area contributed by atoms with E-state index in [9.17, 15) is 4.79 Å². The fourth-order valence-corrected chi connectivity index (χ4v) is 0.798. The molecule has 0 aromatic carbocycles. The Bertz CT molecular complexity index is 118. The van der Waals surface area contributed by atoms with Gasteiger partial charge in [-0.15, -0.1) is 0 Å². The molecule has 1 rings (SSSR count). The van der Waals surface area contributed by atoms with E-state index in [1.54, 1.807) is 4.90 Å². The molecule has 0 aromatic rings. The van der Waals surface area contributed by atoms with E-state index in [1.807, 2.05) is 14.0 Å². The van der Waals surface area contributed by atoms with Crippen LogP contribution in [0.3, 0.4) is 0 Å². The van der Waals surface area contributed by atoms with Gasteiger partial charge < -0.3 is 4.90 Å². The summed E-state index contributed by atoms with van der Waals surface area (Å²) in [4.78, 5) is 12.9. The van der Waals surface area contributed by atoms with Gasteiger partial charge in [0.25, 0.3) is 0 Å². The number of hydrogen-bond acceptors (Lipinski definition) is 1. The van der Waals surface area contributed by atoms with Gasteiger partial charge in [0.15, 0.2) is 0 Å². The summed E-state index contributed by atoms with van der Waals surface area (Å²) in [6.45, 7) is 2.84. The summed E-state index contributed by atoms with van der Waals surface area (Å²) in [5.74, 6) is 0.715. The largest absolute Gasteiger partial charge is 0.346 e. The quantitative estimate of drug-likeness (QED) is 0.539. The van der Waals surface area contributed by atoms with Gasteiger partial charge >= 0.3 is 0 Å². The molecule has 0 spiro atoms. The molecule has 0 heterocycles. The Labute approximate surface area is 55.8 Å². The zero-order valence-electron chi connectivity index (χ0n) is 6.05. The molecule has 0 unspecified atom stereocenters. The third-order valence-corrected chi connectivity index (χ3v) is 1.78. The van der Waals surface area contributed by atoms with E-state index >= 15 is 0 Å². The Morgan fingerprint density at radius 1 is 1.67 bits per heavy atom. The molecule has 0 saturated heterocycles. The molecule has 1 fully saturated rings. The van der Waals surface area contributed by atoms with Gasteiger partial charge in [-0.2, -0.15) is 0 Å². The number of nitrogens with zero attached hydrogens (tertiary/aromatic N) is 1. The maximum atomic E-state index is 11.1. The van der Waals surface area contributed by atoms with Gasteiger partial charge in [0.05, 0.1) is 0 Å². The number of carbonyl (C=O) groups excluding carboxylic acids is 1. The van der Waals surface area contributed by atoms with Crippen LogP contribution in [0.5, 0.6) is 0 Å². The maximum absolute atomic E-state index is 11.1. The Kier molecular flexibility index (Phi) is 1.74. The lowest BCUT2D eigenvalue weighted by atomic mass is 10.4. The number of hydrogen-bond donors (Lipinski definition) is 0. The summed E-state index contributed by atoms with van der Waals surface area (Å²) in [6.07, 6.45) is 2.23. The molecule has 9 heavy (non-hydrogen) atoms. The SMILES string of the molecule is CCN(C)C(=O)C1CC1. The lowest BCUT2D eigenvalue weighted by Gasteiger charge is -2.12. The van der Waals surface area contributed by atoms with Crippen LogP contribution in [0.2, 0.25) is 0 Å². The van der Waals surface area contributed by atoms with E-state index in [2.05, 4.69) is 0 Å². The van der Waals surface area contributed by atoms with E-state index in [1.165, 1.54) is 0 Å². The van der Waals surface area contributed by atoms with Crippen molar-refractivity contribution in [2.75, 3.05) is 13.6 Å². The predicted molar refractivity (Wildman–Crippen MR) is 36.0 cm³/mol. The van der Waals surface area contributed by atoms with Crippen LogP contribution < -0.4 is 0 Å². The van der Waals surface area contributed by atoms with Crippen LogP contribution in [-0.2, 0) is 4.79 Å². The molecular weight excluding hydrogens is 114 g/mol. The molecule has 52 valence electrons. The molecule has 2 heteroatoms. The van der Waals surface area contributed by atoms with Crippen LogP contribution in [0, 0.1) is 5.92 Å². The van der Waals surface area contributed by atoms with Gasteiger partial charge in [-0.05, 0) is 19.8 Å². The first-order chi connectivity index (χ1) is 4.25. The lowest BCUT2D eigenvalue weighted by molar-refractivity contribution is -0.131. The molecule has 0 radical (unpaired) electrons. The zero-order chi connectivity index (χ0) is 6.85. The van der Waals surface area contributed by atoms with Gasteiger partial charge in [-0.25, -0.2) is 0 Å². The highest BCUT2D eigenvalue weighted by Crippen LogP contribution is 2.30. The molecule has 0 atom stereocenters. The maximum Gasteiger partial charge on any atom is 0.225 e. The first-order valence-electron chi connectivity index (χ1n) is 3.50.